The van der Waals surface area contributed by atoms with Crippen LogP contribution in [0.2, 0.25) is 5.02 Å². The second kappa shape index (κ2) is 8.62. The van der Waals surface area contributed by atoms with Crippen molar-refractivity contribution >= 4 is 50.3 Å². The molecule has 0 amide bonds. The smallest absolute Gasteiger partial charge is 0.253 e. The molecule has 1 aliphatic heterocycles. The van der Waals surface area contributed by atoms with E-state index in [1.165, 1.54) is 10.6 Å². The summed E-state index contributed by atoms with van der Waals surface area (Å²) in [7, 11) is 3.46. The summed E-state index contributed by atoms with van der Waals surface area (Å²) < 4.78 is 8.01. The fourth-order valence-electron chi connectivity index (χ4n) is 3.03. The quantitative estimate of drug-likeness (QED) is 0.586. The van der Waals surface area contributed by atoms with Crippen molar-refractivity contribution in [3.8, 4) is 0 Å². The maximum Gasteiger partial charge on any atom is 0.253 e. The number of aliphatic hydroxyl groups excluding tert-OH is 2. The number of halogens is 2. The van der Waals surface area contributed by atoms with E-state index in [4.69, 9.17) is 21.4 Å². The summed E-state index contributed by atoms with van der Waals surface area (Å²) in [4.78, 5) is 14.3. The lowest BCUT2D eigenvalue weighted by Crippen LogP contribution is -2.29. The number of hydrogen-bond donors (Lipinski definition) is 3. The Bertz CT molecular complexity index is 1050. The number of pyridine rings is 1. The summed E-state index contributed by atoms with van der Waals surface area (Å²) in [6, 6.07) is 6.87. The molecule has 0 radical (unpaired) electrons. The highest BCUT2D eigenvalue weighted by atomic mass is 79.9. The third-order valence-corrected chi connectivity index (χ3v) is 5.30. The summed E-state index contributed by atoms with van der Waals surface area (Å²) in [6.07, 6.45) is 0.680. The summed E-state index contributed by atoms with van der Waals surface area (Å²) in [5.41, 5.74) is 2.17. The minimum absolute atomic E-state index is 0.0857. The maximum atomic E-state index is 12.5. The molecule has 1 aliphatic rings. The van der Waals surface area contributed by atoms with Gasteiger partial charge < -0.3 is 25.2 Å². The van der Waals surface area contributed by atoms with Crippen molar-refractivity contribution in [1.82, 2.24) is 4.57 Å². The van der Waals surface area contributed by atoms with Gasteiger partial charge in [-0.3, -0.25) is 9.36 Å². The Labute approximate surface area is 181 Å². The number of rotatable bonds is 6. The molecule has 2 aromatic rings. The van der Waals surface area contributed by atoms with Gasteiger partial charge in [-0.2, -0.15) is 0 Å². The van der Waals surface area contributed by atoms with Gasteiger partial charge in [0.1, 0.15) is 24.3 Å². The average molecular weight is 483 g/mol. The monoisotopic (exact) mass is 481 g/mol. The minimum Gasteiger partial charge on any atom is -0.489 e. The van der Waals surface area contributed by atoms with E-state index in [0.717, 1.165) is 4.47 Å². The Morgan fingerprint density at radius 3 is 2.69 bits per heavy atom. The van der Waals surface area contributed by atoms with Crippen LogP contribution < -0.4 is 15.8 Å². The Kier molecular flexibility index (Phi) is 6.38. The number of ether oxygens (including phenoxy) is 1. The second-order valence-electron chi connectivity index (χ2n) is 6.63. The first-order valence-corrected chi connectivity index (χ1v) is 9.92. The van der Waals surface area contributed by atoms with Gasteiger partial charge in [-0.05, 0) is 18.2 Å². The molecule has 154 valence electrons. The van der Waals surface area contributed by atoms with E-state index in [1.54, 1.807) is 37.3 Å². The molecule has 7 nitrogen and oxygen atoms in total. The molecule has 0 saturated carbocycles. The van der Waals surface area contributed by atoms with Crippen molar-refractivity contribution in [3.63, 3.8) is 0 Å². The summed E-state index contributed by atoms with van der Waals surface area (Å²) in [5.74, 6) is 1.06. The first kappa shape index (κ1) is 21.4. The van der Waals surface area contributed by atoms with Crippen LogP contribution in [0.1, 0.15) is 5.56 Å². The van der Waals surface area contributed by atoms with Crippen molar-refractivity contribution in [2.75, 3.05) is 30.5 Å². The van der Waals surface area contributed by atoms with Crippen molar-refractivity contribution < 1.29 is 14.9 Å². The highest BCUT2D eigenvalue weighted by Crippen LogP contribution is 2.41. The fraction of sp³-hybridized carbons (Fsp3) is 0.250. The molecule has 0 unspecified atom stereocenters. The van der Waals surface area contributed by atoms with Crippen LogP contribution in [-0.4, -0.2) is 41.1 Å². The van der Waals surface area contributed by atoms with Gasteiger partial charge in [0.05, 0.1) is 23.0 Å². The van der Waals surface area contributed by atoms with E-state index < -0.39 is 12.7 Å². The molecular formula is C20H21BrClN3O4. The molecule has 29 heavy (non-hydrogen) atoms. The van der Waals surface area contributed by atoms with E-state index in [1.807, 2.05) is 6.07 Å². The van der Waals surface area contributed by atoms with Gasteiger partial charge in [0.25, 0.3) is 5.56 Å². The second-order valence-corrected chi connectivity index (χ2v) is 7.96. The zero-order chi connectivity index (χ0) is 21.3. The van der Waals surface area contributed by atoms with E-state index >= 15 is 0 Å². The molecule has 2 heterocycles. The van der Waals surface area contributed by atoms with Gasteiger partial charge in [-0.15, -0.1) is 0 Å². The lowest BCUT2D eigenvalue weighted by molar-refractivity contribution is 0.0335. The van der Waals surface area contributed by atoms with Crippen LogP contribution in [0.25, 0.3) is 5.57 Å². The molecule has 3 N–H and O–H groups in total. The zero-order valence-corrected chi connectivity index (χ0v) is 18.3. The molecular weight excluding hydrogens is 462 g/mol. The number of aromatic nitrogens is 1. The summed E-state index contributed by atoms with van der Waals surface area (Å²) in [6.45, 7) is 3.63. The van der Waals surface area contributed by atoms with Crippen molar-refractivity contribution in [2.45, 2.75) is 6.10 Å². The van der Waals surface area contributed by atoms with Crippen LogP contribution in [0.3, 0.4) is 0 Å². The first-order chi connectivity index (χ1) is 13.7. The number of benzene rings is 1. The molecule has 0 aliphatic carbocycles. The first-order valence-electron chi connectivity index (χ1n) is 8.75. The lowest BCUT2D eigenvalue weighted by Gasteiger charge is -2.31. The Hall–Kier alpha value is -2.26. The van der Waals surface area contributed by atoms with Gasteiger partial charge in [-0.1, -0.05) is 34.1 Å². The van der Waals surface area contributed by atoms with Crippen LogP contribution in [-0.2, 0) is 11.8 Å². The maximum absolute atomic E-state index is 12.5. The fourth-order valence-corrected chi connectivity index (χ4v) is 3.75. The predicted octanol–water partition coefficient (Wildman–Crippen LogP) is 3.22. The molecule has 1 aromatic heterocycles. The molecule has 9 heteroatoms. The van der Waals surface area contributed by atoms with E-state index in [0.29, 0.717) is 39.1 Å². The minimum atomic E-state index is -1.00. The number of fused-ring (bicyclic) bond motifs is 1. The van der Waals surface area contributed by atoms with Crippen LogP contribution in [0.4, 0.5) is 17.2 Å². The van der Waals surface area contributed by atoms with E-state index in [9.17, 15) is 9.90 Å². The summed E-state index contributed by atoms with van der Waals surface area (Å²) >= 11 is 9.71. The number of hydrogen-bond acceptors (Lipinski definition) is 6. The SMILES string of the molecule is C=C1C(OC[C@H](O)CO)=CN(C)c2c1c(Nc1ccc(Br)cc1Cl)cc(=O)n2C. The number of allylic oxidation sites excluding steroid dienone is 1. The topological polar surface area (TPSA) is 87.0 Å². The van der Waals surface area contributed by atoms with E-state index in [2.05, 4.69) is 27.8 Å². The Morgan fingerprint density at radius 1 is 1.31 bits per heavy atom. The predicted molar refractivity (Wildman–Crippen MR) is 119 cm³/mol. The van der Waals surface area contributed by atoms with Gasteiger partial charge in [0.2, 0.25) is 0 Å². The highest BCUT2D eigenvalue weighted by Gasteiger charge is 2.27. The molecule has 1 aromatic carbocycles. The molecule has 0 saturated heterocycles. The van der Waals surface area contributed by atoms with Gasteiger partial charge in [-0.25, -0.2) is 0 Å². The zero-order valence-electron chi connectivity index (χ0n) is 15.9. The van der Waals surface area contributed by atoms with Gasteiger partial charge >= 0.3 is 0 Å². The number of aliphatic hydroxyl groups is 2. The Balaban J connectivity index is 2.06. The normalized spacial score (nSPS) is 14.3. The molecule has 0 fully saturated rings. The molecule has 0 spiro atoms. The van der Waals surface area contributed by atoms with E-state index in [-0.39, 0.29) is 12.2 Å². The number of nitrogens with one attached hydrogen (secondary N) is 1. The van der Waals surface area contributed by atoms with Crippen molar-refractivity contribution in [1.29, 1.82) is 0 Å². The van der Waals surface area contributed by atoms with Crippen molar-refractivity contribution in [3.05, 3.63) is 68.2 Å². The lowest BCUT2D eigenvalue weighted by atomic mass is 10.0. The standard InChI is InChI=1S/C20H21BrClN3O4/c1-11-17(29-10-13(27)9-26)8-24(2)20-19(11)16(7-18(28)25(20)3)23-15-5-4-12(21)6-14(15)22/h4-8,13,23,26-27H,1,9-10H2,2-3H3/t13-/m1/s1. The molecule has 0 bridgehead atoms. The molecule has 1 atom stereocenters. The van der Waals surface area contributed by atoms with Gasteiger partial charge in [0.15, 0.2) is 0 Å². The molecule has 3 rings (SSSR count). The Morgan fingerprint density at radius 2 is 2.03 bits per heavy atom. The average Bonchev–Trinajstić information content (AvgIpc) is 2.67. The summed E-state index contributed by atoms with van der Waals surface area (Å²) in [5, 5.41) is 22.3. The van der Waals surface area contributed by atoms with Crippen LogP contribution in [0, 0.1) is 0 Å². The highest BCUT2D eigenvalue weighted by molar-refractivity contribution is 9.10. The van der Waals surface area contributed by atoms with Crippen LogP contribution in [0.15, 0.2) is 52.1 Å². The third-order valence-electron chi connectivity index (χ3n) is 4.50. The van der Waals surface area contributed by atoms with Crippen LogP contribution >= 0.6 is 27.5 Å². The number of anilines is 3. The third kappa shape index (κ3) is 4.35. The van der Waals surface area contributed by atoms with Gasteiger partial charge in [0, 0.05) is 42.0 Å². The number of nitrogens with zero attached hydrogens (tertiary/aromatic N) is 2. The van der Waals surface area contributed by atoms with Crippen LogP contribution in [0.5, 0.6) is 0 Å². The van der Waals surface area contributed by atoms with Crippen molar-refractivity contribution in [2.24, 2.45) is 7.05 Å². The largest absolute Gasteiger partial charge is 0.489 e.